The van der Waals surface area contributed by atoms with Gasteiger partial charge < -0.3 is 5.73 Å². The number of hydrogen-bond donors (Lipinski definition) is 1. The molecule has 3 nitrogen and oxygen atoms in total. The summed E-state index contributed by atoms with van der Waals surface area (Å²) in [6.07, 6.45) is 2.71. The van der Waals surface area contributed by atoms with Gasteiger partial charge >= 0.3 is 0 Å². The average Bonchev–Trinajstić information content (AvgIpc) is 2.67. The topological polar surface area (TPSA) is 41.6 Å². The largest absolute Gasteiger partial charge is 0.375 e. The second kappa shape index (κ2) is 3.75. The lowest BCUT2D eigenvalue weighted by molar-refractivity contribution is 0.373. The molecule has 0 unspecified atom stereocenters. The molecule has 72 valence electrons. The van der Waals surface area contributed by atoms with Crippen molar-refractivity contribution in [2.45, 2.75) is 12.5 Å². The quantitative estimate of drug-likeness (QED) is 0.709. The van der Waals surface area contributed by atoms with Gasteiger partial charge in [0.25, 0.3) is 0 Å². The third kappa shape index (κ3) is 1.61. The fourth-order valence-electron chi connectivity index (χ4n) is 1.58. The maximum atomic E-state index is 5.57. The van der Waals surface area contributed by atoms with E-state index in [1.807, 2.05) is 24.4 Å². The van der Waals surface area contributed by atoms with Crippen LogP contribution in [-0.4, -0.2) is 16.3 Å². The summed E-state index contributed by atoms with van der Waals surface area (Å²) in [6, 6.07) is 10.3. The Bertz CT molecular complexity index is 361. The minimum Gasteiger partial charge on any atom is -0.375 e. The lowest BCUT2D eigenvalue weighted by Gasteiger charge is -2.21. The van der Waals surface area contributed by atoms with E-state index >= 15 is 0 Å². The summed E-state index contributed by atoms with van der Waals surface area (Å²) in [5.74, 6) is 0. The monoisotopic (exact) mass is 205 g/mol. The first-order chi connectivity index (χ1) is 6.79. The molecule has 1 aliphatic heterocycles. The molecule has 0 amide bonds. The standard InChI is InChI=1S/C10H11N3S/c11-10(14)13-9(6-7-12-13)8-4-2-1-3-5-8/h1-5,7,9H,6H2,(H2,11,14)/t9-/m1/s1. The number of nitrogens with zero attached hydrogens (tertiary/aromatic N) is 2. The molecule has 0 bridgehead atoms. The van der Waals surface area contributed by atoms with E-state index < -0.39 is 0 Å². The highest BCUT2D eigenvalue weighted by atomic mass is 32.1. The SMILES string of the molecule is NC(=S)N1N=CC[C@@H]1c1ccccc1. The van der Waals surface area contributed by atoms with Gasteiger partial charge in [0.1, 0.15) is 0 Å². The molecular formula is C10H11N3S. The van der Waals surface area contributed by atoms with Crippen LogP contribution in [0.3, 0.4) is 0 Å². The fraction of sp³-hybridized carbons (Fsp3) is 0.200. The highest BCUT2D eigenvalue weighted by molar-refractivity contribution is 7.80. The number of thiocarbonyl (C=S) groups is 1. The van der Waals surface area contributed by atoms with E-state index in [0.717, 1.165) is 6.42 Å². The minimum absolute atomic E-state index is 0.175. The summed E-state index contributed by atoms with van der Waals surface area (Å²) in [5, 5.41) is 6.15. The van der Waals surface area contributed by atoms with Gasteiger partial charge in [-0.3, -0.25) is 0 Å². The van der Waals surface area contributed by atoms with E-state index in [2.05, 4.69) is 17.2 Å². The van der Waals surface area contributed by atoms with Crippen LogP contribution in [0.2, 0.25) is 0 Å². The minimum atomic E-state index is 0.175. The summed E-state index contributed by atoms with van der Waals surface area (Å²) in [7, 11) is 0. The van der Waals surface area contributed by atoms with Crippen LogP contribution in [-0.2, 0) is 0 Å². The maximum Gasteiger partial charge on any atom is 0.187 e. The Kier molecular flexibility index (Phi) is 2.45. The summed E-state index contributed by atoms with van der Waals surface area (Å²) in [4.78, 5) is 0. The lowest BCUT2D eigenvalue weighted by atomic mass is 10.1. The summed E-state index contributed by atoms with van der Waals surface area (Å²) < 4.78 is 0. The molecule has 0 aromatic heterocycles. The molecule has 0 spiro atoms. The number of hydrazone groups is 1. The summed E-state index contributed by atoms with van der Waals surface area (Å²) in [6.45, 7) is 0. The lowest BCUT2D eigenvalue weighted by Crippen LogP contribution is -2.31. The number of nitrogens with two attached hydrogens (primary N) is 1. The predicted molar refractivity (Wildman–Crippen MR) is 60.9 cm³/mol. The number of rotatable bonds is 1. The van der Waals surface area contributed by atoms with Gasteiger partial charge in [0.05, 0.1) is 6.04 Å². The molecular weight excluding hydrogens is 194 g/mol. The molecule has 0 saturated heterocycles. The van der Waals surface area contributed by atoms with E-state index in [1.54, 1.807) is 5.01 Å². The zero-order valence-electron chi connectivity index (χ0n) is 7.63. The van der Waals surface area contributed by atoms with E-state index in [1.165, 1.54) is 5.56 Å². The fourth-order valence-corrected chi connectivity index (χ4v) is 1.75. The first-order valence-corrected chi connectivity index (χ1v) is 4.86. The molecule has 1 aromatic carbocycles. The van der Waals surface area contributed by atoms with Crippen LogP contribution in [0.4, 0.5) is 0 Å². The van der Waals surface area contributed by atoms with Gasteiger partial charge in [0.15, 0.2) is 5.11 Å². The molecule has 4 heteroatoms. The molecule has 1 heterocycles. The van der Waals surface area contributed by atoms with Gasteiger partial charge in [0, 0.05) is 12.6 Å². The van der Waals surface area contributed by atoms with Gasteiger partial charge in [-0.25, -0.2) is 5.01 Å². The zero-order chi connectivity index (χ0) is 9.97. The van der Waals surface area contributed by atoms with Crippen LogP contribution in [0.5, 0.6) is 0 Å². The van der Waals surface area contributed by atoms with Crippen LogP contribution < -0.4 is 5.73 Å². The van der Waals surface area contributed by atoms with Gasteiger partial charge in [-0.15, -0.1) is 0 Å². The third-order valence-corrected chi connectivity index (χ3v) is 2.43. The molecule has 2 N–H and O–H groups in total. The van der Waals surface area contributed by atoms with Crippen molar-refractivity contribution in [2.24, 2.45) is 10.8 Å². The van der Waals surface area contributed by atoms with Gasteiger partial charge in [0.2, 0.25) is 0 Å². The summed E-state index contributed by atoms with van der Waals surface area (Å²) >= 11 is 4.92. The zero-order valence-corrected chi connectivity index (χ0v) is 8.45. The van der Waals surface area contributed by atoms with Crippen molar-refractivity contribution in [3.8, 4) is 0 Å². The van der Waals surface area contributed by atoms with E-state index in [9.17, 15) is 0 Å². The van der Waals surface area contributed by atoms with Crippen molar-refractivity contribution in [3.05, 3.63) is 35.9 Å². The Balaban J connectivity index is 2.24. The third-order valence-electron chi connectivity index (χ3n) is 2.24. The number of hydrogen-bond acceptors (Lipinski definition) is 2. The molecule has 1 aromatic rings. The van der Waals surface area contributed by atoms with Crippen LogP contribution in [0.1, 0.15) is 18.0 Å². The first-order valence-electron chi connectivity index (χ1n) is 4.45. The van der Waals surface area contributed by atoms with Gasteiger partial charge in [-0.05, 0) is 17.8 Å². The molecule has 14 heavy (non-hydrogen) atoms. The van der Waals surface area contributed by atoms with Crippen molar-refractivity contribution in [1.29, 1.82) is 0 Å². The van der Waals surface area contributed by atoms with Gasteiger partial charge in [-0.1, -0.05) is 30.3 Å². The Labute approximate surface area is 88.2 Å². The first kappa shape index (κ1) is 9.15. The highest BCUT2D eigenvalue weighted by Crippen LogP contribution is 2.27. The number of benzene rings is 1. The molecule has 0 saturated carbocycles. The Hall–Kier alpha value is -1.42. The van der Waals surface area contributed by atoms with E-state index in [-0.39, 0.29) is 6.04 Å². The Morgan fingerprint density at radius 2 is 2.14 bits per heavy atom. The molecule has 0 radical (unpaired) electrons. The molecule has 2 rings (SSSR count). The van der Waals surface area contributed by atoms with E-state index in [4.69, 9.17) is 18.0 Å². The Morgan fingerprint density at radius 3 is 2.79 bits per heavy atom. The van der Waals surface area contributed by atoms with Gasteiger partial charge in [-0.2, -0.15) is 5.10 Å². The molecule has 1 atom stereocenters. The van der Waals surface area contributed by atoms with Crippen LogP contribution in [0.15, 0.2) is 35.4 Å². The van der Waals surface area contributed by atoms with Crippen LogP contribution in [0, 0.1) is 0 Å². The Morgan fingerprint density at radius 1 is 1.43 bits per heavy atom. The molecule has 0 fully saturated rings. The van der Waals surface area contributed by atoms with Crippen molar-refractivity contribution >= 4 is 23.5 Å². The molecule has 1 aliphatic rings. The second-order valence-electron chi connectivity index (χ2n) is 3.14. The van der Waals surface area contributed by atoms with Crippen LogP contribution in [0.25, 0.3) is 0 Å². The van der Waals surface area contributed by atoms with E-state index in [0.29, 0.717) is 5.11 Å². The second-order valence-corrected chi connectivity index (χ2v) is 3.56. The molecule has 0 aliphatic carbocycles. The van der Waals surface area contributed by atoms with Crippen molar-refractivity contribution in [2.75, 3.05) is 0 Å². The maximum absolute atomic E-state index is 5.57. The van der Waals surface area contributed by atoms with Crippen LogP contribution >= 0.6 is 12.2 Å². The normalized spacial score (nSPS) is 20.0. The predicted octanol–water partition coefficient (Wildman–Crippen LogP) is 1.66. The van der Waals surface area contributed by atoms with Crippen molar-refractivity contribution < 1.29 is 0 Å². The van der Waals surface area contributed by atoms with Crippen molar-refractivity contribution in [1.82, 2.24) is 5.01 Å². The summed E-state index contributed by atoms with van der Waals surface area (Å²) in [5.41, 5.74) is 6.76. The van der Waals surface area contributed by atoms with Crippen molar-refractivity contribution in [3.63, 3.8) is 0 Å². The smallest absolute Gasteiger partial charge is 0.187 e. The highest BCUT2D eigenvalue weighted by Gasteiger charge is 2.23. The average molecular weight is 205 g/mol.